The van der Waals surface area contributed by atoms with E-state index in [0.29, 0.717) is 5.92 Å². The number of nitrogens with zero attached hydrogens (tertiary/aromatic N) is 2. The summed E-state index contributed by atoms with van der Waals surface area (Å²) in [5.74, 6) is 1.11. The van der Waals surface area contributed by atoms with Crippen LogP contribution in [0.15, 0.2) is 34.9 Å². The minimum Gasteiger partial charge on any atom is -0.359 e. The van der Waals surface area contributed by atoms with E-state index < -0.39 is 0 Å². The van der Waals surface area contributed by atoms with Crippen LogP contribution in [0.1, 0.15) is 55.7 Å². The van der Waals surface area contributed by atoms with Crippen LogP contribution in [0.5, 0.6) is 0 Å². The van der Waals surface area contributed by atoms with Crippen molar-refractivity contribution in [2.24, 2.45) is 0 Å². The third-order valence-corrected chi connectivity index (χ3v) is 4.37. The van der Waals surface area contributed by atoms with E-state index in [-0.39, 0.29) is 12.1 Å². The van der Waals surface area contributed by atoms with Gasteiger partial charge in [0, 0.05) is 18.3 Å². The fourth-order valence-electron chi connectivity index (χ4n) is 2.94. The number of hydrogen-bond acceptors (Lipinski definition) is 3. The van der Waals surface area contributed by atoms with Gasteiger partial charge in [0.05, 0.1) is 11.7 Å². The van der Waals surface area contributed by atoms with E-state index in [1.807, 2.05) is 42.2 Å². The normalized spacial score (nSPS) is 17.7. The molecule has 5 heteroatoms. The third-order valence-electron chi connectivity index (χ3n) is 4.37. The molecule has 0 spiro atoms. The summed E-state index contributed by atoms with van der Waals surface area (Å²) >= 11 is 0. The second kappa shape index (κ2) is 6.44. The lowest BCUT2D eigenvalue weighted by molar-refractivity contribution is 0.195. The van der Waals surface area contributed by atoms with Gasteiger partial charge in [-0.05, 0) is 37.3 Å². The number of aryl methyl sites for hydroxylation is 1. The largest absolute Gasteiger partial charge is 0.359 e. The van der Waals surface area contributed by atoms with Gasteiger partial charge in [0.1, 0.15) is 0 Å². The van der Waals surface area contributed by atoms with Gasteiger partial charge in [-0.3, -0.25) is 0 Å². The van der Waals surface area contributed by atoms with Crippen LogP contribution in [-0.4, -0.2) is 22.6 Å². The minimum atomic E-state index is -0.0794. The molecule has 1 aromatic carbocycles. The SMILES string of the molecule is Cc1ccccc1NC(=O)N1CCC[C@H]1c1cc(C(C)C)no1. The maximum atomic E-state index is 12.6. The zero-order valence-corrected chi connectivity index (χ0v) is 13.9. The number of nitrogens with one attached hydrogen (secondary N) is 1. The van der Waals surface area contributed by atoms with Crippen LogP contribution in [0.25, 0.3) is 0 Å². The minimum absolute atomic E-state index is 0.0287. The Balaban J connectivity index is 1.75. The van der Waals surface area contributed by atoms with Gasteiger partial charge in [0.15, 0.2) is 5.76 Å². The van der Waals surface area contributed by atoms with Crippen LogP contribution < -0.4 is 5.32 Å². The van der Waals surface area contributed by atoms with Gasteiger partial charge in [0.2, 0.25) is 0 Å². The lowest BCUT2D eigenvalue weighted by atomic mass is 10.1. The zero-order valence-electron chi connectivity index (χ0n) is 13.9. The number of rotatable bonds is 3. The maximum Gasteiger partial charge on any atom is 0.322 e. The lowest BCUT2D eigenvalue weighted by Crippen LogP contribution is -2.34. The Morgan fingerprint density at radius 3 is 2.87 bits per heavy atom. The molecule has 2 heterocycles. The molecule has 0 bridgehead atoms. The molecule has 1 aliphatic heterocycles. The van der Waals surface area contributed by atoms with Crippen molar-refractivity contribution >= 4 is 11.7 Å². The van der Waals surface area contributed by atoms with Gasteiger partial charge >= 0.3 is 6.03 Å². The molecule has 0 saturated carbocycles. The Morgan fingerprint density at radius 2 is 2.17 bits per heavy atom. The highest BCUT2D eigenvalue weighted by Crippen LogP contribution is 2.33. The van der Waals surface area contributed by atoms with Crippen molar-refractivity contribution in [2.75, 3.05) is 11.9 Å². The van der Waals surface area contributed by atoms with Crippen molar-refractivity contribution < 1.29 is 9.32 Å². The predicted octanol–water partition coefficient (Wildman–Crippen LogP) is 4.48. The third kappa shape index (κ3) is 3.23. The summed E-state index contributed by atoms with van der Waals surface area (Å²) in [5.41, 5.74) is 2.84. The van der Waals surface area contributed by atoms with Gasteiger partial charge in [-0.15, -0.1) is 0 Å². The Bertz CT molecular complexity index is 693. The second-order valence-corrected chi connectivity index (χ2v) is 6.41. The number of carbonyl (C=O) groups is 1. The Kier molecular flexibility index (Phi) is 4.37. The molecule has 1 saturated heterocycles. The molecule has 1 aromatic heterocycles. The maximum absolute atomic E-state index is 12.6. The van der Waals surface area contributed by atoms with Crippen molar-refractivity contribution in [3.05, 3.63) is 47.3 Å². The van der Waals surface area contributed by atoms with E-state index in [1.54, 1.807) is 0 Å². The van der Waals surface area contributed by atoms with E-state index in [9.17, 15) is 4.79 Å². The van der Waals surface area contributed by atoms with Gasteiger partial charge in [0.25, 0.3) is 0 Å². The molecule has 0 aliphatic carbocycles. The summed E-state index contributed by atoms with van der Waals surface area (Å²) < 4.78 is 5.49. The summed E-state index contributed by atoms with van der Waals surface area (Å²) in [6, 6.07) is 9.67. The fourth-order valence-corrected chi connectivity index (χ4v) is 2.94. The summed E-state index contributed by atoms with van der Waals surface area (Å²) in [6.07, 6.45) is 1.89. The Labute approximate surface area is 136 Å². The highest BCUT2D eigenvalue weighted by atomic mass is 16.5. The number of carbonyl (C=O) groups excluding carboxylic acids is 1. The first kappa shape index (κ1) is 15.6. The molecule has 5 nitrogen and oxygen atoms in total. The molecule has 3 rings (SSSR count). The Morgan fingerprint density at radius 1 is 1.39 bits per heavy atom. The fraction of sp³-hybridized carbons (Fsp3) is 0.444. The van der Waals surface area contributed by atoms with E-state index in [2.05, 4.69) is 24.3 Å². The molecule has 1 fully saturated rings. The highest BCUT2D eigenvalue weighted by Gasteiger charge is 2.33. The topological polar surface area (TPSA) is 58.4 Å². The molecule has 2 aromatic rings. The molecule has 1 N–H and O–H groups in total. The standard InChI is InChI=1S/C18H23N3O2/c1-12(2)15-11-17(23-20-15)16-9-6-10-21(16)18(22)19-14-8-5-4-7-13(14)3/h4-5,7-8,11-12,16H,6,9-10H2,1-3H3,(H,19,22)/t16-/m0/s1. The van der Waals surface area contributed by atoms with Crippen LogP contribution in [0, 0.1) is 6.92 Å². The van der Waals surface area contributed by atoms with Crippen molar-refractivity contribution in [2.45, 2.75) is 45.6 Å². The van der Waals surface area contributed by atoms with E-state index in [4.69, 9.17) is 4.52 Å². The molecular weight excluding hydrogens is 290 g/mol. The molecule has 2 amide bonds. The Hall–Kier alpha value is -2.30. The monoisotopic (exact) mass is 313 g/mol. The number of amides is 2. The van der Waals surface area contributed by atoms with Crippen LogP contribution in [-0.2, 0) is 0 Å². The molecule has 0 radical (unpaired) electrons. The van der Waals surface area contributed by atoms with Crippen LogP contribution >= 0.6 is 0 Å². The zero-order chi connectivity index (χ0) is 16.4. The summed E-state index contributed by atoms with van der Waals surface area (Å²) in [7, 11) is 0. The first-order valence-electron chi connectivity index (χ1n) is 8.16. The number of likely N-dealkylation sites (tertiary alicyclic amines) is 1. The first-order chi connectivity index (χ1) is 11.1. The van der Waals surface area contributed by atoms with Crippen molar-refractivity contribution in [1.29, 1.82) is 0 Å². The average molecular weight is 313 g/mol. The van der Waals surface area contributed by atoms with Gasteiger partial charge < -0.3 is 14.7 Å². The summed E-state index contributed by atoms with van der Waals surface area (Å²) in [4.78, 5) is 14.5. The number of benzene rings is 1. The van der Waals surface area contributed by atoms with Crippen LogP contribution in [0.4, 0.5) is 10.5 Å². The molecule has 0 unspecified atom stereocenters. The highest BCUT2D eigenvalue weighted by molar-refractivity contribution is 5.90. The summed E-state index contributed by atoms with van der Waals surface area (Å²) in [5, 5.41) is 7.13. The average Bonchev–Trinajstić information content (AvgIpc) is 3.17. The molecule has 122 valence electrons. The number of para-hydroxylation sites is 1. The number of hydrogen-bond donors (Lipinski definition) is 1. The van der Waals surface area contributed by atoms with Crippen LogP contribution in [0.3, 0.4) is 0 Å². The van der Waals surface area contributed by atoms with Crippen molar-refractivity contribution in [3.63, 3.8) is 0 Å². The predicted molar refractivity (Wildman–Crippen MR) is 89.5 cm³/mol. The smallest absolute Gasteiger partial charge is 0.322 e. The lowest BCUT2D eigenvalue weighted by Gasteiger charge is -2.23. The van der Waals surface area contributed by atoms with Crippen molar-refractivity contribution in [3.8, 4) is 0 Å². The second-order valence-electron chi connectivity index (χ2n) is 6.41. The van der Waals surface area contributed by atoms with Gasteiger partial charge in [-0.1, -0.05) is 37.2 Å². The molecule has 1 aliphatic rings. The number of anilines is 1. The van der Waals surface area contributed by atoms with Crippen LogP contribution in [0.2, 0.25) is 0 Å². The number of urea groups is 1. The summed E-state index contributed by atoms with van der Waals surface area (Å²) in [6.45, 7) is 6.89. The van der Waals surface area contributed by atoms with Crippen molar-refractivity contribution in [1.82, 2.24) is 10.1 Å². The quantitative estimate of drug-likeness (QED) is 0.909. The first-order valence-corrected chi connectivity index (χ1v) is 8.16. The molecule has 1 atom stereocenters. The molecular formula is C18H23N3O2. The van der Waals surface area contributed by atoms with E-state index in [0.717, 1.165) is 42.1 Å². The molecule has 23 heavy (non-hydrogen) atoms. The number of aromatic nitrogens is 1. The van der Waals surface area contributed by atoms with Gasteiger partial charge in [-0.25, -0.2) is 4.79 Å². The van der Waals surface area contributed by atoms with E-state index >= 15 is 0 Å². The van der Waals surface area contributed by atoms with E-state index in [1.165, 1.54) is 0 Å². The van der Waals surface area contributed by atoms with Gasteiger partial charge in [-0.2, -0.15) is 0 Å².